The minimum atomic E-state index is 0.0178. The molecule has 0 saturated heterocycles. The lowest BCUT2D eigenvalue weighted by Gasteiger charge is -2.10. The summed E-state index contributed by atoms with van der Waals surface area (Å²) in [6, 6.07) is 22.7. The van der Waals surface area contributed by atoms with Crippen LogP contribution in [-0.4, -0.2) is 37.2 Å². The van der Waals surface area contributed by atoms with Gasteiger partial charge in [-0.15, -0.1) is 11.8 Å². The molecule has 0 radical (unpaired) electrons. The van der Waals surface area contributed by atoms with Crippen LogP contribution in [0.25, 0.3) is 10.8 Å². The van der Waals surface area contributed by atoms with Gasteiger partial charge in [0.1, 0.15) is 0 Å². The first-order chi connectivity index (χ1) is 12.6. The van der Waals surface area contributed by atoms with Crippen molar-refractivity contribution >= 4 is 34.1 Å². The molecule has 0 aliphatic heterocycles. The molecule has 0 atom stereocenters. The summed E-state index contributed by atoms with van der Waals surface area (Å²) in [4.78, 5) is 15.5. The van der Waals surface area contributed by atoms with Gasteiger partial charge in [0.25, 0.3) is 0 Å². The zero-order chi connectivity index (χ0) is 18.4. The molecule has 0 unspecified atom stereocenters. The van der Waals surface area contributed by atoms with Crippen LogP contribution in [-0.2, 0) is 11.2 Å². The molecule has 0 aliphatic carbocycles. The van der Waals surface area contributed by atoms with Gasteiger partial charge >= 0.3 is 0 Å². The fourth-order valence-corrected chi connectivity index (χ4v) is 3.46. The number of anilines is 1. The van der Waals surface area contributed by atoms with E-state index in [0.717, 1.165) is 23.5 Å². The van der Waals surface area contributed by atoms with Crippen LogP contribution in [0.1, 0.15) is 5.56 Å². The number of hydrogen-bond acceptors (Lipinski definition) is 3. The molecule has 0 fully saturated rings. The van der Waals surface area contributed by atoms with E-state index in [-0.39, 0.29) is 5.91 Å². The van der Waals surface area contributed by atoms with Gasteiger partial charge in [-0.3, -0.25) is 4.79 Å². The Hall–Kier alpha value is -2.30. The summed E-state index contributed by atoms with van der Waals surface area (Å²) in [5, 5.41) is 5.39. The predicted molar refractivity (Wildman–Crippen MR) is 112 cm³/mol. The third-order valence-electron chi connectivity index (χ3n) is 4.18. The molecule has 0 aromatic heterocycles. The summed E-state index contributed by atoms with van der Waals surface area (Å²) < 4.78 is 0. The van der Waals surface area contributed by atoms with E-state index in [0.29, 0.717) is 5.75 Å². The summed E-state index contributed by atoms with van der Waals surface area (Å²) in [7, 11) is 4.14. The smallest absolute Gasteiger partial charge is 0.234 e. The van der Waals surface area contributed by atoms with Gasteiger partial charge in [0.05, 0.1) is 5.75 Å². The molecule has 0 spiro atoms. The van der Waals surface area contributed by atoms with E-state index in [9.17, 15) is 4.79 Å². The average molecular weight is 365 g/mol. The molecule has 3 rings (SSSR count). The number of carbonyl (C=O) groups is 1. The second kappa shape index (κ2) is 8.88. The molecule has 26 heavy (non-hydrogen) atoms. The summed E-state index contributed by atoms with van der Waals surface area (Å²) in [6.07, 6.45) is 1.01. The molecule has 3 nitrogen and oxygen atoms in total. The lowest BCUT2D eigenvalue weighted by Crippen LogP contribution is -2.15. The summed E-state index contributed by atoms with van der Waals surface area (Å²) in [5.41, 5.74) is 2.13. The normalized spacial score (nSPS) is 11.0. The van der Waals surface area contributed by atoms with Crippen molar-refractivity contribution in [2.24, 2.45) is 0 Å². The fraction of sp³-hybridized carbons (Fsp3) is 0.227. The molecule has 1 N–H and O–H groups in total. The Morgan fingerprint density at radius 1 is 0.962 bits per heavy atom. The Labute approximate surface area is 159 Å². The zero-order valence-corrected chi connectivity index (χ0v) is 16.1. The van der Waals surface area contributed by atoms with E-state index < -0.39 is 0 Å². The molecule has 0 aliphatic rings. The van der Waals surface area contributed by atoms with Crippen molar-refractivity contribution in [1.29, 1.82) is 0 Å². The van der Waals surface area contributed by atoms with Crippen LogP contribution in [0.3, 0.4) is 0 Å². The number of hydrogen-bond donors (Lipinski definition) is 1. The monoisotopic (exact) mass is 364 g/mol. The van der Waals surface area contributed by atoms with Crippen molar-refractivity contribution < 1.29 is 4.79 Å². The standard InChI is InChI=1S/C22H24N2OS/c1-24(2)14-13-17-7-10-20(11-8-17)23-22(25)16-26-21-12-9-18-5-3-4-6-19(18)15-21/h3-12,15H,13-14,16H2,1-2H3,(H,23,25). The summed E-state index contributed by atoms with van der Waals surface area (Å²) in [6.45, 7) is 1.02. The number of fused-ring (bicyclic) bond motifs is 1. The van der Waals surface area contributed by atoms with Gasteiger partial charge in [0.2, 0.25) is 5.91 Å². The number of likely N-dealkylation sites (N-methyl/N-ethyl adjacent to an activating group) is 1. The van der Waals surface area contributed by atoms with Crippen LogP contribution in [0.15, 0.2) is 71.6 Å². The van der Waals surface area contributed by atoms with Crippen molar-refractivity contribution in [3.63, 3.8) is 0 Å². The second-order valence-corrected chi connectivity index (χ2v) is 7.64. The number of nitrogens with one attached hydrogen (secondary N) is 1. The number of amides is 1. The van der Waals surface area contributed by atoms with Gasteiger partial charge < -0.3 is 10.2 Å². The lowest BCUT2D eigenvalue weighted by atomic mass is 10.1. The highest BCUT2D eigenvalue weighted by Crippen LogP contribution is 2.23. The van der Waals surface area contributed by atoms with Crippen LogP contribution < -0.4 is 5.32 Å². The first-order valence-corrected chi connectivity index (χ1v) is 9.74. The van der Waals surface area contributed by atoms with Gasteiger partial charge in [0, 0.05) is 17.1 Å². The quantitative estimate of drug-likeness (QED) is 0.618. The molecule has 0 heterocycles. The van der Waals surface area contributed by atoms with E-state index in [4.69, 9.17) is 0 Å². The molecule has 3 aromatic carbocycles. The van der Waals surface area contributed by atoms with Gasteiger partial charge in [-0.05, 0) is 61.1 Å². The second-order valence-electron chi connectivity index (χ2n) is 6.60. The van der Waals surface area contributed by atoms with Crippen LogP contribution >= 0.6 is 11.8 Å². The molecule has 0 saturated carbocycles. The maximum Gasteiger partial charge on any atom is 0.234 e. The van der Waals surface area contributed by atoms with Crippen LogP contribution in [0, 0.1) is 0 Å². The van der Waals surface area contributed by atoms with Crippen LogP contribution in [0.2, 0.25) is 0 Å². The van der Waals surface area contributed by atoms with E-state index in [2.05, 4.69) is 66.8 Å². The highest BCUT2D eigenvalue weighted by Gasteiger charge is 2.05. The minimum Gasteiger partial charge on any atom is -0.325 e. The van der Waals surface area contributed by atoms with Crippen LogP contribution in [0.4, 0.5) is 5.69 Å². The SMILES string of the molecule is CN(C)CCc1ccc(NC(=O)CSc2ccc3ccccc3c2)cc1. The van der Waals surface area contributed by atoms with Gasteiger partial charge in [-0.1, -0.05) is 42.5 Å². The Kier molecular flexibility index (Phi) is 6.31. The van der Waals surface area contributed by atoms with E-state index in [1.807, 2.05) is 24.3 Å². The Morgan fingerprint density at radius 2 is 1.69 bits per heavy atom. The van der Waals surface area contributed by atoms with E-state index in [1.165, 1.54) is 16.3 Å². The van der Waals surface area contributed by atoms with Crippen molar-refractivity contribution in [3.05, 3.63) is 72.3 Å². The third kappa shape index (κ3) is 5.35. The van der Waals surface area contributed by atoms with Crippen molar-refractivity contribution in [2.75, 3.05) is 31.7 Å². The van der Waals surface area contributed by atoms with E-state index >= 15 is 0 Å². The Balaban J connectivity index is 1.51. The Morgan fingerprint density at radius 3 is 2.42 bits per heavy atom. The molecule has 0 bridgehead atoms. The molecule has 1 amide bonds. The van der Waals surface area contributed by atoms with Crippen molar-refractivity contribution in [1.82, 2.24) is 4.90 Å². The topological polar surface area (TPSA) is 32.3 Å². The largest absolute Gasteiger partial charge is 0.325 e. The lowest BCUT2D eigenvalue weighted by molar-refractivity contribution is -0.113. The summed E-state index contributed by atoms with van der Waals surface area (Å²) in [5.74, 6) is 0.421. The number of benzene rings is 3. The Bertz CT molecular complexity index is 875. The number of thioether (sulfide) groups is 1. The minimum absolute atomic E-state index is 0.0178. The molecular formula is C22H24N2OS. The maximum absolute atomic E-state index is 12.2. The summed E-state index contributed by atoms with van der Waals surface area (Å²) >= 11 is 1.56. The molecule has 134 valence electrons. The number of nitrogens with zero attached hydrogens (tertiary/aromatic N) is 1. The zero-order valence-electron chi connectivity index (χ0n) is 15.2. The fourth-order valence-electron chi connectivity index (χ4n) is 2.71. The first-order valence-electron chi connectivity index (χ1n) is 8.75. The first kappa shape index (κ1) is 18.5. The predicted octanol–water partition coefficient (Wildman–Crippen LogP) is 4.67. The third-order valence-corrected chi connectivity index (χ3v) is 5.17. The van der Waals surface area contributed by atoms with E-state index in [1.54, 1.807) is 11.8 Å². The van der Waals surface area contributed by atoms with Crippen molar-refractivity contribution in [3.8, 4) is 0 Å². The molecular weight excluding hydrogens is 340 g/mol. The van der Waals surface area contributed by atoms with Gasteiger partial charge in [0.15, 0.2) is 0 Å². The average Bonchev–Trinajstić information content (AvgIpc) is 2.65. The van der Waals surface area contributed by atoms with Gasteiger partial charge in [-0.25, -0.2) is 0 Å². The highest BCUT2D eigenvalue weighted by molar-refractivity contribution is 8.00. The van der Waals surface area contributed by atoms with Crippen molar-refractivity contribution in [2.45, 2.75) is 11.3 Å². The number of rotatable bonds is 7. The maximum atomic E-state index is 12.2. The molecule has 3 aromatic rings. The number of carbonyl (C=O) groups excluding carboxylic acids is 1. The van der Waals surface area contributed by atoms with Crippen LogP contribution in [0.5, 0.6) is 0 Å². The van der Waals surface area contributed by atoms with Gasteiger partial charge in [-0.2, -0.15) is 0 Å². The highest BCUT2D eigenvalue weighted by atomic mass is 32.2. The molecule has 4 heteroatoms.